The average Bonchev–Trinajstić information content (AvgIpc) is 3.31. The Balaban J connectivity index is 1.59. The van der Waals surface area contributed by atoms with Gasteiger partial charge < -0.3 is 10.1 Å². The van der Waals surface area contributed by atoms with Crippen LogP contribution in [0.2, 0.25) is 0 Å². The topological polar surface area (TPSA) is 85.4 Å². The number of carbonyl (C=O) groups excluding carboxylic acids is 1. The van der Waals surface area contributed by atoms with Gasteiger partial charge in [0, 0.05) is 35.9 Å². The zero-order valence-corrected chi connectivity index (χ0v) is 19.1. The number of hydrogen-bond donors (Lipinski definition) is 1. The van der Waals surface area contributed by atoms with Crippen LogP contribution in [0.15, 0.2) is 53.6 Å². The summed E-state index contributed by atoms with van der Waals surface area (Å²) in [6.45, 7) is 2.01. The summed E-state index contributed by atoms with van der Waals surface area (Å²) in [7, 11) is -3.26. The first-order valence-corrected chi connectivity index (χ1v) is 12.8. The number of thiazole rings is 1. The Labute approximate surface area is 186 Å². The van der Waals surface area contributed by atoms with Crippen molar-refractivity contribution in [2.24, 2.45) is 5.92 Å². The second kappa shape index (κ2) is 8.80. The van der Waals surface area contributed by atoms with Crippen LogP contribution >= 0.6 is 11.3 Å². The lowest BCUT2D eigenvalue weighted by Gasteiger charge is -2.16. The molecule has 2 aromatic carbocycles. The van der Waals surface area contributed by atoms with E-state index in [1.54, 1.807) is 35.6 Å². The Morgan fingerprint density at radius 2 is 1.97 bits per heavy atom. The number of aryl methyl sites for hydroxylation is 1. The van der Waals surface area contributed by atoms with Gasteiger partial charge in [-0.2, -0.15) is 0 Å². The molecule has 1 heterocycles. The lowest BCUT2D eigenvalue weighted by Crippen LogP contribution is -2.03. The molecule has 0 amide bonds. The fourth-order valence-electron chi connectivity index (χ4n) is 3.71. The third-order valence-corrected chi connectivity index (χ3v) is 7.23. The van der Waals surface area contributed by atoms with Gasteiger partial charge in [0.05, 0.1) is 4.90 Å². The standard InChI is InChI=1S/C23H24N2O4S2/c1-15-14-24-23(30-15)25-18-4-10-22(17(13-18)11-16-3-5-19(26)12-16)29-20-6-8-21(9-7-20)31(2,27)28/h4,6-10,13-14,16H,3,5,11-12H2,1-2H3,(H,24,25). The SMILES string of the molecule is Cc1cnc(Nc2ccc(Oc3ccc(S(C)(=O)=O)cc3)c(CC3CCC(=O)C3)c2)s1. The second-order valence-electron chi connectivity index (χ2n) is 7.92. The molecule has 3 aromatic rings. The number of nitrogens with zero attached hydrogens (tertiary/aromatic N) is 1. The van der Waals surface area contributed by atoms with Crippen molar-refractivity contribution in [2.45, 2.75) is 37.5 Å². The van der Waals surface area contributed by atoms with Gasteiger partial charge in [-0.15, -0.1) is 11.3 Å². The normalized spacial score (nSPS) is 16.5. The maximum atomic E-state index is 11.7. The highest BCUT2D eigenvalue weighted by Gasteiger charge is 2.24. The highest BCUT2D eigenvalue weighted by atomic mass is 32.2. The van der Waals surface area contributed by atoms with E-state index in [4.69, 9.17) is 4.74 Å². The number of benzene rings is 2. The predicted molar refractivity (Wildman–Crippen MR) is 122 cm³/mol. The number of carbonyl (C=O) groups is 1. The van der Waals surface area contributed by atoms with Gasteiger partial charge in [0.2, 0.25) is 0 Å². The Hall–Kier alpha value is -2.71. The largest absolute Gasteiger partial charge is 0.457 e. The van der Waals surface area contributed by atoms with Gasteiger partial charge in [-0.3, -0.25) is 4.79 Å². The van der Waals surface area contributed by atoms with Crippen molar-refractivity contribution < 1.29 is 17.9 Å². The molecule has 0 saturated heterocycles. The number of anilines is 2. The third kappa shape index (κ3) is 5.51. The highest BCUT2D eigenvalue weighted by molar-refractivity contribution is 7.90. The number of hydrogen-bond acceptors (Lipinski definition) is 7. The van der Waals surface area contributed by atoms with Crippen LogP contribution in [0.4, 0.5) is 10.8 Å². The van der Waals surface area contributed by atoms with Crippen LogP contribution < -0.4 is 10.1 Å². The lowest BCUT2D eigenvalue weighted by atomic mass is 9.97. The first kappa shape index (κ1) is 21.5. The fourth-order valence-corrected chi connectivity index (χ4v) is 5.03. The maximum Gasteiger partial charge on any atom is 0.187 e. The summed E-state index contributed by atoms with van der Waals surface area (Å²) < 4.78 is 29.5. The van der Waals surface area contributed by atoms with Gasteiger partial charge in [-0.1, -0.05) is 0 Å². The van der Waals surface area contributed by atoms with E-state index in [0.29, 0.717) is 36.0 Å². The van der Waals surface area contributed by atoms with Crippen molar-refractivity contribution in [1.82, 2.24) is 4.98 Å². The third-order valence-electron chi connectivity index (χ3n) is 5.27. The molecule has 1 saturated carbocycles. The van der Waals surface area contributed by atoms with Crippen LogP contribution in [0.25, 0.3) is 0 Å². The molecule has 1 aliphatic carbocycles. The summed E-state index contributed by atoms with van der Waals surface area (Å²) >= 11 is 1.58. The smallest absolute Gasteiger partial charge is 0.187 e. The van der Waals surface area contributed by atoms with Crippen LogP contribution in [-0.2, 0) is 21.1 Å². The van der Waals surface area contributed by atoms with Gasteiger partial charge in [-0.05, 0) is 73.7 Å². The minimum absolute atomic E-state index is 0.253. The summed E-state index contributed by atoms with van der Waals surface area (Å²) in [6, 6.07) is 12.3. The summed E-state index contributed by atoms with van der Waals surface area (Å²) in [5.74, 6) is 1.89. The summed E-state index contributed by atoms with van der Waals surface area (Å²) in [4.78, 5) is 17.5. The quantitative estimate of drug-likeness (QED) is 0.519. The number of rotatable bonds is 7. The Morgan fingerprint density at radius 3 is 2.58 bits per heavy atom. The molecule has 31 heavy (non-hydrogen) atoms. The summed E-state index contributed by atoms with van der Waals surface area (Å²) in [5.41, 5.74) is 1.92. The molecular formula is C23H24N2O4S2. The van der Waals surface area contributed by atoms with Crippen LogP contribution in [0.5, 0.6) is 11.5 Å². The molecule has 162 valence electrons. The molecule has 1 aromatic heterocycles. The summed E-state index contributed by atoms with van der Waals surface area (Å²) in [6.07, 6.45) is 5.89. The number of ketones is 1. The van der Waals surface area contributed by atoms with Crippen LogP contribution in [0.3, 0.4) is 0 Å². The van der Waals surface area contributed by atoms with E-state index >= 15 is 0 Å². The second-order valence-corrected chi connectivity index (χ2v) is 11.2. The van der Waals surface area contributed by atoms with Gasteiger partial charge in [0.25, 0.3) is 0 Å². The Kier molecular flexibility index (Phi) is 6.11. The van der Waals surface area contributed by atoms with E-state index in [1.165, 1.54) is 6.26 Å². The van der Waals surface area contributed by atoms with Crippen molar-refractivity contribution in [2.75, 3.05) is 11.6 Å². The molecule has 6 nitrogen and oxygen atoms in total. The van der Waals surface area contributed by atoms with Crippen molar-refractivity contribution in [3.8, 4) is 11.5 Å². The van der Waals surface area contributed by atoms with Gasteiger partial charge in [0.15, 0.2) is 15.0 Å². The molecule has 1 atom stereocenters. The Bertz CT molecular complexity index is 1200. The minimum Gasteiger partial charge on any atom is -0.457 e. The van der Waals surface area contributed by atoms with Crippen molar-refractivity contribution in [3.63, 3.8) is 0 Å². The van der Waals surface area contributed by atoms with Crippen molar-refractivity contribution in [3.05, 3.63) is 59.1 Å². The van der Waals surface area contributed by atoms with Crippen LogP contribution in [0.1, 0.15) is 29.7 Å². The number of Topliss-reactive ketones (excluding diaryl/α,β-unsaturated/α-hetero) is 1. The van der Waals surface area contributed by atoms with Gasteiger partial charge >= 0.3 is 0 Å². The van der Waals surface area contributed by atoms with E-state index in [1.807, 2.05) is 31.3 Å². The van der Waals surface area contributed by atoms with Gasteiger partial charge in [0.1, 0.15) is 17.3 Å². The first-order chi connectivity index (χ1) is 14.8. The van der Waals surface area contributed by atoms with E-state index in [-0.39, 0.29) is 4.90 Å². The molecule has 1 aliphatic rings. The van der Waals surface area contributed by atoms with Crippen LogP contribution in [-0.4, -0.2) is 25.4 Å². The molecular weight excluding hydrogens is 432 g/mol. The lowest BCUT2D eigenvalue weighted by molar-refractivity contribution is -0.117. The molecule has 1 N–H and O–H groups in total. The molecule has 1 unspecified atom stereocenters. The molecule has 4 rings (SSSR count). The number of ether oxygens (including phenoxy) is 1. The Morgan fingerprint density at radius 1 is 1.19 bits per heavy atom. The number of nitrogens with one attached hydrogen (secondary N) is 1. The minimum atomic E-state index is -3.26. The zero-order chi connectivity index (χ0) is 22.0. The zero-order valence-electron chi connectivity index (χ0n) is 17.4. The van der Waals surface area contributed by atoms with Crippen molar-refractivity contribution in [1.29, 1.82) is 0 Å². The fraction of sp³-hybridized carbons (Fsp3) is 0.304. The molecule has 0 bridgehead atoms. The summed E-state index contributed by atoms with van der Waals surface area (Å²) in [5, 5.41) is 4.16. The number of sulfone groups is 1. The first-order valence-electron chi connectivity index (χ1n) is 10.1. The average molecular weight is 457 g/mol. The van der Waals surface area contributed by atoms with E-state index in [0.717, 1.165) is 34.1 Å². The molecule has 0 aliphatic heterocycles. The van der Waals surface area contributed by atoms with Crippen LogP contribution in [0, 0.1) is 12.8 Å². The van der Waals surface area contributed by atoms with Crippen molar-refractivity contribution >= 4 is 37.8 Å². The highest BCUT2D eigenvalue weighted by Crippen LogP contribution is 2.35. The predicted octanol–water partition coefficient (Wildman–Crippen LogP) is 5.30. The molecule has 1 fully saturated rings. The van der Waals surface area contributed by atoms with Gasteiger partial charge in [-0.25, -0.2) is 13.4 Å². The maximum absolute atomic E-state index is 11.7. The van der Waals surface area contributed by atoms with E-state index in [2.05, 4.69) is 10.3 Å². The van der Waals surface area contributed by atoms with E-state index in [9.17, 15) is 13.2 Å². The number of aromatic nitrogens is 1. The van der Waals surface area contributed by atoms with E-state index < -0.39 is 9.84 Å². The monoisotopic (exact) mass is 456 g/mol. The molecule has 0 radical (unpaired) electrons. The molecule has 0 spiro atoms. The molecule has 8 heteroatoms.